The van der Waals surface area contributed by atoms with Crippen molar-refractivity contribution in [1.29, 1.82) is 0 Å². The van der Waals surface area contributed by atoms with Crippen LogP contribution in [0.3, 0.4) is 0 Å². The molecule has 4 rings (SSSR count). The topological polar surface area (TPSA) is 31.4 Å². The number of aryl methyl sites for hydroxylation is 3. The Morgan fingerprint density at radius 2 is 1.41 bits per heavy atom. The third-order valence-corrected chi connectivity index (χ3v) is 5.39. The second-order valence-electron chi connectivity index (χ2n) is 7.39. The summed E-state index contributed by atoms with van der Waals surface area (Å²) in [6.07, 6.45) is 0. The van der Waals surface area contributed by atoms with Crippen molar-refractivity contribution in [1.82, 2.24) is 4.98 Å². The quantitative estimate of drug-likeness (QED) is 0.402. The average molecular weight is 383 g/mol. The monoisotopic (exact) mass is 383 g/mol. The van der Waals surface area contributed by atoms with Crippen molar-refractivity contribution in [3.8, 4) is 34.0 Å². The third-order valence-electron chi connectivity index (χ3n) is 5.39. The number of rotatable bonds is 4. The fourth-order valence-corrected chi connectivity index (χ4v) is 3.99. The molecule has 1 aromatic heterocycles. The van der Waals surface area contributed by atoms with Crippen molar-refractivity contribution in [2.24, 2.45) is 0 Å². The highest BCUT2D eigenvalue weighted by molar-refractivity contribution is 6.05. The van der Waals surface area contributed by atoms with E-state index in [1.807, 2.05) is 12.1 Å². The van der Waals surface area contributed by atoms with Crippen LogP contribution in [0.15, 0.2) is 60.7 Å². The summed E-state index contributed by atoms with van der Waals surface area (Å²) in [5.41, 5.74) is 7.83. The molecule has 0 bridgehead atoms. The molecule has 0 aliphatic carbocycles. The summed E-state index contributed by atoms with van der Waals surface area (Å²) >= 11 is 0. The maximum atomic E-state index is 5.71. The normalized spacial score (nSPS) is 10.9. The summed E-state index contributed by atoms with van der Waals surface area (Å²) in [7, 11) is 3.38. The van der Waals surface area contributed by atoms with E-state index in [1.54, 1.807) is 14.2 Å². The van der Waals surface area contributed by atoms with Gasteiger partial charge in [0.05, 0.1) is 19.9 Å². The highest BCUT2D eigenvalue weighted by Gasteiger charge is 2.20. The molecule has 3 aromatic carbocycles. The van der Waals surface area contributed by atoms with E-state index in [0.29, 0.717) is 5.88 Å². The lowest BCUT2D eigenvalue weighted by Gasteiger charge is -2.19. The van der Waals surface area contributed by atoms with E-state index in [9.17, 15) is 0 Å². The van der Waals surface area contributed by atoms with Crippen LogP contribution < -0.4 is 9.47 Å². The Bertz CT molecular complexity index is 1190. The third kappa shape index (κ3) is 3.33. The molecule has 1 heterocycles. The van der Waals surface area contributed by atoms with E-state index >= 15 is 0 Å². The van der Waals surface area contributed by atoms with Gasteiger partial charge in [0.15, 0.2) is 0 Å². The van der Waals surface area contributed by atoms with Crippen molar-refractivity contribution in [3.63, 3.8) is 0 Å². The van der Waals surface area contributed by atoms with Crippen molar-refractivity contribution in [2.75, 3.05) is 14.2 Å². The molecule has 3 heteroatoms. The van der Waals surface area contributed by atoms with Crippen LogP contribution in [-0.2, 0) is 0 Å². The summed E-state index contributed by atoms with van der Waals surface area (Å²) in [5.74, 6) is 1.47. The van der Waals surface area contributed by atoms with Crippen LogP contribution in [-0.4, -0.2) is 19.2 Å². The van der Waals surface area contributed by atoms with Gasteiger partial charge >= 0.3 is 0 Å². The van der Waals surface area contributed by atoms with Gasteiger partial charge in [-0.05, 0) is 61.0 Å². The molecule has 0 N–H and O–H groups in total. The number of ether oxygens (including phenoxy) is 2. The smallest absolute Gasteiger partial charge is 0.221 e. The van der Waals surface area contributed by atoms with Gasteiger partial charge in [-0.2, -0.15) is 0 Å². The Labute approximate surface area is 171 Å². The molecule has 0 fully saturated rings. The number of benzene rings is 3. The Morgan fingerprint density at radius 1 is 0.690 bits per heavy atom. The summed E-state index contributed by atoms with van der Waals surface area (Å²) in [4.78, 5) is 5.01. The number of nitrogens with zero attached hydrogens (tertiary/aromatic N) is 1. The van der Waals surface area contributed by atoms with Gasteiger partial charge in [-0.15, -0.1) is 0 Å². The van der Waals surface area contributed by atoms with Gasteiger partial charge in [0.2, 0.25) is 5.88 Å². The first-order valence-electron chi connectivity index (χ1n) is 9.73. The lowest BCUT2D eigenvalue weighted by atomic mass is 9.89. The number of hydrogen-bond donors (Lipinski definition) is 0. The van der Waals surface area contributed by atoms with E-state index in [-0.39, 0.29) is 0 Å². The van der Waals surface area contributed by atoms with Gasteiger partial charge in [0.1, 0.15) is 5.75 Å². The first kappa shape index (κ1) is 19.0. The second kappa shape index (κ2) is 7.59. The molecule has 146 valence electrons. The number of hydrogen-bond acceptors (Lipinski definition) is 3. The van der Waals surface area contributed by atoms with Crippen molar-refractivity contribution in [3.05, 3.63) is 77.4 Å². The maximum Gasteiger partial charge on any atom is 0.221 e. The fourth-order valence-electron chi connectivity index (χ4n) is 3.99. The molecule has 0 amide bonds. The van der Waals surface area contributed by atoms with E-state index in [1.165, 1.54) is 16.7 Å². The number of methoxy groups -OCH3 is 2. The fraction of sp³-hybridized carbons (Fsp3) is 0.192. The van der Waals surface area contributed by atoms with Gasteiger partial charge in [0.25, 0.3) is 0 Å². The highest BCUT2D eigenvalue weighted by Crippen LogP contribution is 2.43. The summed E-state index contributed by atoms with van der Waals surface area (Å²) in [6, 6.07) is 20.9. The van der Waals surface area contributed by atoms with E-state index < -0.39 is 0 Å². The zero-order valence-electron chi connectivity index (χ0n) is 17.5. The van der Waals surface area contributed by atoms with E-state index in [4.69, 9.17) is 14.5 Å². The lowest BCUT2D eigenvalue weighted by Crippen LogP contribution is -2.00. The minimum atomic E-state index is 0.643. The summed E-state index contributed by atoms with van der Waals surface area (Å²) in [5, 5.41) is 2.13. The molecule has 0 aliphatic rings. The second-order valence-corrected chi connectivity index (χ2v) is 7.39. The zero-order chi connectivity index (χ0) is 20.5. The molecular formula is C26H25NO2. The standard InChI is InChI=1S/C26H25NO2/c1-16-12-13-21-22(14-16)24(19-10-7-11-20(15-19)28-4)25(27-26(21)29-5)23-17(2)8-6-9-18(23)3/h6-15H,1-5H3. The number of aromatic nitrogens is 1. The summed E-state index contributed by atoms with van der Waals surface area (Å²) in [6.45, 7) is 6.37. The average Bonchev–Trinajstić information content (AvgIpc) is 2.72. The van der Waals surface area contributed by atoms with Gasteiger partial charge in [-0.3, -0.25) is 0 Å². The Morgan fingerprint density at radius 3 is 2.10 bits per heavy atom. The molecule has 4 aromatic rings. The molecule has 0 saturated carbocycles. The highest BCUT2D eigenvalue weighted by atomic mass is 16.5. The van der Waals surface area contributed by atoms with E-state index in [2.05, 4.69) is 69.3 Å². The number of pyridine rings is 1. The molecule has 0 spiro atoms. The van der Waals surface area contributed by atoms with Crippen LogP contribution in [0.4, 0.5) is 0 Å². The van der Waals surface area contributed by atoms with Crippen LogP contribution in [0.2, 0.25) is 0 Å². The number of fused-ring (bicyclic) bond motifs is 1. The lowest BCUT2D eigenvalue weighted by molar-refractivity contribution is 0.404. The Balaban J connectivity index is 2.20. The van der Waals surface area contributed by atoms with Gasteiger partial charge < -0.3 is 9.47 Å². The van der Waals surface area contributed by atoms with Gasteiger partial charge in [0, 0.05) is 16.5 Å². The van der Waals surface area contributed by atoms with Gasteiger partial charge in [-0.25, -0.2) is 4.98 Å². The van der Waals surface area contributed by atoms with Crippen LogP contribution in [0.25, 0.3) is 33.2 Å². The maximum absolute atomic E-state index is 5.71. The molecule has 0 atom stereocenters. The van der Waals surface area contributed by atoms with Crippen molar-refractivity contribution < 1.29 is 9.47 Å². The molecule has 0 saturated heterocycles. The SMILES string of the molecule is COc1cccc(-c2c(-c3c(C)cccc3C)nc(OC)c3ccc(C)cc23)c1. The van der Waals surface area contributed by atoms with Crippen LogP contribution in [0.5, 0.6) is 11.6 Å². The predicted octanol–water partition coefficient (Wildman–Crippen LogP) is 6.51. The van der Waals surface area contributed by atoms with Gasteiger partial charge in [-0.1, -0.05) is 48.0 Å². The minimum absolute atomic E-state index is 0.643. The van der Waals surface area contributed by atoms with Crippen molar-refractivity contribution >= 4 is 10.8 Å². The largest absolute Gasteiger partial charge is 0.497 e. The van der Waals surface area contributed by atoms with Crippen LogP contribution >= 0.6 is 0 Å². The first-order chi connectivity index (χ1) is 14.0. The summed E-state index contributed by atoms with van der Waals surface area (Å²) < 4.78 is 11.2. The minimum Gasteiger partial charge on any atom is -0.497 e. The van der Waals surface area contributed by atoms with Crippen molar-refractivity contribution in [2.45, 2.75) is 20.8 Å². The molecular weight excluding hydrogens is 358 g/mol. The predicted molar refractivity (Wildman–Crippen MR) is 120 cm³/mol. The molecule has 29 heavy (non-hydrogen) atoms. The molecule has 0 aliphatic heterocycles. The molecule has 0 radical (unpaired) electrons. The van der Waals surface area contributed by atoms with Crippen LogP contribution in [0.1, 0.15) is 16.7 Å². The molecule has 3 nitrogen and oxygen atoms in total. The first-order valence-corrected chi connectivity index (χ1v) is 9.73. The molecule has 0 unspecified atom stereocenters. The Kier molecular flexibility index (Phi) is 4.98. The Hall–Kier alpha value is -3.33. The van der Waals surface area contributed by atoms with Crippen LogP contribution in [0, 0.1) is 20.8 Å². The zero-order valence-corrected chi connectivity index (χ0v) is 17.5. The van der Waals surface area contributed by atoms with E-state index in [0.717, 1.165) is 38.9 Å².